The molecule has 0 aliphatic carbocycles. The zero-order chi connectivity index (χ0) is 11.9. The van der Waals surface area contributed by atoms with Gasteiger partial charge in [-0.05, 0) is 24.5 Å². The number of hydrogen-bond acceptors (Lipinski definition) is 3. The summed E-state index contributed by atoms with van der Waals surface area (Å²) in [5.41, 5.74) is 1.14. The lowest BCUT2D eigenvalue weighted by atomic mass is 10.1. The van der Waals surface area contributed by atoms with Crippen molar-refractivity contribution in [3.63, 3.8) is 0 Å². The highest BCUT2D eigenvalue weighted by Crippen LogP contribution is 2.33. The van der Waals surface area contributed by atoms with Gasteiger partial charge in [0.15, 0.2) is 9.84 Å². The SMILES string of the molecule is CC1Cc2cccc(CC(=O)O)c2S1(=O)=O. The predicted molar refractivity (Wildman–Crippen MR) is 58.1 cm³/mol. The minimum absolute atomic E-state index is 0.241. The van der Waals surface area contributed by atoms with Crippen molar-refractivity contribution in [2.45, 2.75) is 29.9 Å². The normalized spacial score (nSPS) is 21.7. The van der Waals surface area contributed by atoms with Gasteiger partial charge in [0.05, 0.1) is 16.6 Å². The molecule has 0 fully saturated rings. The van der Waals surface area contributed by atoms with E-state index in [1.807, 2.05) is 0 Å². The third kappa shape index (κ3) is 1.61. The summed E-state index contributed by atoms with van der Waals surface area (Å²) < 4.78 is 24.0. The highest BCUT2D eigenvalue weighted by molar-refractivity contribution is 7.92. The first-order valence-electron chi connectivity index (χ1n) is 4.99. The van der Waals surface area contributed by atoms with Crippen LogP contribution in [0.25, 0.3) is 0 Å². The van der Waals surface area contributed by atoms with E-state index in [4.69, 9.17) is 5.11 Å². The van der Waals surface area contributed by atoms with Crippen molar-refractivity contribution < 1.29 is 18.3 Å². The van der Waals surface area contributed by atoms with Crippen LogP contribution in [0.1, 0.15) is 18.1 Å². The first-order valence-corrected chi connectivity index (χ1v) is 6.54. The standard InChI is InChI=1S/C11H12O4S/c1-7-5-8-3-2-4-9(6-10(12)13)11(8)16(7,14)15/h2-4,7H,5-6H2,1H3,(H,12,13). The summed E-state index contributed by atoms with van der Waals surface area (Å²) in [5, 5.41) is 8.29. The van der Waals surface area contributed by atoms with E-state index in [2.05, 4.69) is 0 Å². The van der Waals surface area contributed by atoms with Crippen molar-refractivity contribution in [1.82, 2.24) is 0 Å². The topological polar surface area (TPSA) is 71.4 Å². The lowest BCUT2D eigenvalue weighted by molar-refractivity contribution is -0.136. The molecule has 86 valence electrons. The molecule has 1 aliphatic rings. The molecule has 0 spiro atoms. The van der Waals surface area contributed by atoms with Gasteiger partial charge in [-0.15, -0.1) is 0 Å². The fraction of sp³-hybridized carbons (Fsp3) is 0.364. The Morgan fingerprint density at radius 3 is 2.81 bits per heavy atom. The summed E-state index contributed by atoms with van der Waals surface area (Å²) in [5.74, 6) is -1.01. The molecule has 4 nitrogen and oxygen atoms in total. The van der Waals surface area contributed by atoms with Crippen molar-refractivity contribution in [2.75, 3.05) is 0 Å². The molecule has 0 amide bonds. The summed E-state index contributed by atoms with van der Waals surface area (Å²) in [6.07, 6.45) is 0.236. The molecule has 16 heavy (non-hydrogen) atoms. The highest BCUT2D eigenvalue weighted by atomic mass is 32.2. The van der Waals surface area contributed by atoms with Gasteiger partial charge >= 0.3 is 5.97 Å². The van der Waals surface area contributed by atoms with Gasteiger partial charge in [-0.2, -0.15) is 0 Å². The number of carbonyl (C=O) groups is 1. The van der Waals surface area contributed by atoms with Gasteiger partial charge in [0.2, 0.25) is 0 Å². The molecule has 1 atom stereocenters. The largest absolute Gasteiger partial charge is 0.481 e. The van der Waals surface area contributed by atoms with Crippen LogP contribution in [0.3, 0.4) is 0 Å². The number of fused-ring (bicyclic) bond motifs is 1. The number of hydrogen-bond donors (Lipinski definition) is 1. The Balaban J connectivity index is 2.61. The summed E-state index contributed by atoms with van der Waals surface area (Å²) in [6.45, 7) is 1.65. The van der Waals surface area contributed by atoms with Crippen LogP contribution < -0.4 is 0 Å². The molecular weight excluding hydrogens is 228 g/mol. The van der Waals surface area contributed by atoms with Gasteiger partial charge in [0, 0.05) is 0 Å². The van der Waals surface area contributed by atoms with Crippen molar-refractivity contribution >= 4 is 15.8 Å². The molecule has 1 heterocycles. The second kappa shape index (κ2) is 3.59. The van der Waals surface area contributed by atoms with Crippen LogP contribution in [0.4, 0.5) is 0 Å². The Morgan fingerprint density at radius 1 is 1.50 bits per heavy atom. The van der Waals surface area contributed by atoms with Gasteiger partial charge in [-0.25, -0.2) is 8.42 Å². The van der Waals surface area contributed by atoms with Crippen LogP contribution in [0, 0.1) is 0 Å². The minimum Gasteiger partial charge on any atom is -0.481 e. The average Bonchev–Trinajstić information content (AvgIpc) is 2.38. The fourth-order valence-electron chi connectivity index (χ4n) is 2.09. The quantitative estimate of drug-likeness (QED) is 0.838. The molecule has 0 radical (unpaired) electrons. The predicted octanol–water partition coefficient (Wildman–Crippen LogP) is 1.03. The lowest BCUT2D eigenvalue weighted by Gasteiger charge is -2.06. The van der Waals surface area contributed by atoms with Crippen molar-refractivity contribution in [1.29, 1.82) is 0 Å². The maximum atomic E-state index is 12.0. The molecule has 0 bridgehead atoms. The van der Waals surface area contributed by atoms with E-state index in [1.54, 1.807) is 25.1 Å². The van der Waals surface area contributed by atoms with Crippen LogP contribution in [0.2, 0.25) is 0 Å². The molecule has 0 saturated heterocycles. The monoisotopic (exact) mass is 240 g/mol. The third-order valence-electron chi connectivity index (χ3n) is 2.84. The molecule has 1 aromatic carbocycles. The Hall–Kier alpha value is -1.36. The van der Waals surface area contributed by atoms with E-state index in [0.717, 1.165) is 5.56 Å². The fourth-order valence-corrected chi connectivity index (χ4v) is 3.91. The second-order valence-corrected chi connectivity index (χ2v) is 6.34. The van der Waals surface area contributed by atoms with Crippen LogP contribution in [0.5, 0.6) is 0 Å². The molecule has 0 saturated carbocycles. The van der Waals surface area contributed by atoms with Gasteiger partial charge < -0.3 is 5.11 Å². The molecular formula is C11H12O4S. The summed E-state index contributed by atoms with van der Waals surface area (Å²) >= 11 is 0. The molecule has 0 aromatic heterocycles. The lowest BCUT2D eigenvalue weighted by Crippen LogP contribution is -2.13. The van der Waals surface area contributed by atoms with Crippen molar-refractivity contribution in [2.24, 2.45) is 0 Å². The third-order valence-corrected chi connectivity index (χ3v) is 5.16. The first kappa shape index (κ1) is 11.1. The summed E-state index contributed by atoms with van der Waals surface area (Å²) in [4.78, 5) is 10.9. The number of sulfone groups is 1. The van der Waals surface area contributed by atoms with Gasteiger partial charge in [-0.3, -0.25) is 4.79 Å². The maximum absolute atomic E-state index is 12.0. The molecule has 1 aromatic rings. The Labute approximate surface area is 93.8 Å². The average molecular weight is 240 g/mol. The molecule has 1 N–H and O–H groups in total. The van der Waals surface area contributed by atoms with Crippen LogP contribution in [0.15, 0.2) is 23.1 Å². The molecule has 5 heteroatoms. The smallest absolute Gasteiger partial charge is 0.307 e. The van der Waals surface area contributed by atoms with Gasteiger partial charge in [0.1, 0.15) is 0 Å². The van der Waals surface area contributed by atoms with E-state index in [-0.39, 0.29) is 11.3 Å². The van der Waals surface area contributed by atoms with Crippen molar-refractivity contribution in [3.8, 4) is 0 Å². The van der Waals surface area contributed by atoms with E-state index in [1.165, 1.54) is 0 Å². The number of aliphatic carboxylic acids is 1. The van der Waals surface area contributed by atoms with E-state index in [0.29, 0.717) is 12.0 Å². The minimum atomic E-state index is -3.32. The Kier molecular flexibility index (Phi) is 2.50. The number of carboxylic acids is 1. The van der Waals surface area contributed by atoms with E-state index >= 15 is 0 Å². The summed E-state index contributed by atoms with van der Waals surface area (Å²) in [6, 6.07) is 5.04. The zero-order valence-corrected chi connectivity index (χ0v) is 9.62. The van der Waals surface area contributed by atoms with E-state index < -0.39 is 21.1 Å². The maximum Gasteiger partial charge on any atom is 0.307 e. The summed E-state index contributed by atoms with van der Waals surface area (Å²) in [7, 11) is -3.32. The number of benzene rings is 1. The Morgan fingerprint density at radius 2 is 2.19 bits per heavy atom. The number of carboxylic acid groups (broad SMARTS) is 1. The van der Waals surface area contributed by atoms with E-state index in [9.17, 15) is 13.2 Å². The Bertz CT molecular complexity index is 545. The number of rotatable bonds is 2. The second-order valence-electron chi connectivity index (χ2n) is 4.04. The van der Waals surface area contributed by atoms with Crippen LogP contribution >= 0.6 is 0 Å². The first-order chi connectivity index (χ1) is 7.43. The molecule has 2 rings (SSSR count). The van der Waals surface area contributed by atoms with Crippen LogP contribution in [-0.2, 0) is 27.5 Å². The van der Waals surface area contributed by atoms with Gasteiger partial charge in [-0.1, -0.05) is 18.2 Å². The molecule has 1 aliphatic heterocycles. The zero-order valence-electron chi connectivity index (χ0n) is 8.80. The van der Waals surface area contributed by atoms with Crippen LogP contribution in [-0.4, -0.2) is 24.7 Å². The van der Waals surface area contributed by atoms with Gasteiger partial charge in [0.25, 0.3) is 0 Å². The molecule has 1 unspecified atom stereocenters. The highest BCUT2D eigenvalue weighted by Gasteiger charge is 2.35. The van der Waals surface area contributed by atoms with Crippen molar-refractivity contribution in [3.05, 3.63) is 29.3 Å².